The molecule has 1 aliphatic heterocycles. The summed E-state index contributed by atoms with van der Waals surface area (Å²) in [4.78, 5) is 15.9. The van der Waals surface area contributed by atoms with E-state index in [-0.39, 0.29) is 17.9 Å². The highest BCUT2D eigenvalue weighted by atomic mass is 32.2. The Morgan fingerprint density at radius 2 is 2.25 bits per heavy atom. The second-order valence-corrected chi connectivity index (χ2v) is 4.60. The van der Waals surface area contributed by atoms with Crippen molar-refractivity contribution >= 4 is 23.6 Å². The summed E-state index contributed by atoms with van der Waals surface area (Å²) in [5.74, 6) is 1.76. The van der Waals surface area contributed by atoms with Crippen LogP contribution in [0, 0.1) is 13.8 Å². The first-order valence-electron chi connectivity index (χ1n) is 4.97. The Labute approximate surface area is 97.6 Å². The number of rotatable bonds is 2. The molecule has 2 heterocycles. The molecule has 7 heteroatoms. The Kier molecular flexibility index (Phi) is 3.35. The minimum absolute atomic E-state index is 0.102. The summed E-state index contributed by atoms with van der Waals surface area (Å²) < 4.78 is 0. The van der Waals surface area contributed by atoms with Crippen molar-refractivity contribution in [1.29, 1.82) is 0 Å². The summed E-state index contributed by atoms with van der Waals surface area (Å²) in [7, 11) is 0. The Bertz CT molecular complexity index is 405. The maximum Gasteiger partial charge on any atom is 0.249 e. The van der Waals surface area contributed by atoms with Crippen LogP contribution in [-0.4, -0.2) is 38.8 Å². The van der Waals surface area contributed by atoms with Gasteiger partial charge in [0.05, 0.1) is 17.4 Å². The van der Waals surface area contributed by atoms with E-state index in [1.54, 1.807) is 11.8 Å². The van der Waals surface area contributed by atoms with Crippen LogP contribution in [0.3, 0.4) is 0 Å². The summed E-state index contributed by atoms with van der Waals surface area (Å²) >= 11 is 1.70. The topological polar surface area (TPSA) is 79.8 Å². The Hall–Kier alpha value is -1.21. The van der Waals surface area contributed by atoms with Crippen molar-refractivity contribution in [2.45, 2.75) is 19.9 Å². The van der Waals surface area contributed by atoms with Gasteiger partial charge < -0.3 is 0 Å². The highest BCUT2D eigenvalue weighted by Gasteiger charge is 2.23. The van der Waals surface area contributed by atoms with Crippen LogP contribution in [0.2, 0.25) is 0 Å². The van der Waals surface area contributed by atoms with Gasteiger partial charge in [-0.2, -0.15) is 5.10 Å². The van der Waals surface area contributed by atoms with Crippen LogP contribution < -0.4 is 10.6 Å². The first kappa shape index (κ1) is 11.3. The van der Waals surface area contributed by atoms with E-state index in [2.05, 4.69) is 25.8 Å². The molecule has 86 valence electrons. The van der Waals surface area contributed by atoms with Crippen LogP contribution in [0.4, 0.5) is 5.95 Å². The molecule has 1 fully saturated rings. The molecule has 2 N–H and O–H groups in total. The fourth-order valence-corrected chi connectivity index (χ4v) is 2.21. The van der Waals surface area contributed by atoms with Crippen molar-refractivity contribution in [3.8, 4) is 0 Å². The lowest BCUT2D eigenvalue weighted by Crippen LogP contribution is -2.38. The lowest BCUT2D eigenvalue weighted by Gasteiger charge is -2.09. The number of nitrogens with one attached hydrogen (secondary N) is 2. The van der Waals surface area contributed by atoms with Crippen LogP contribution in [0.1, 0.15) is 11.4 Å². The lowest BCUT2D eigenvalue weighted by atomic mass is 10.3. The zero-order valence-electron chi connectivity index (χ0n) is 9.15. The van der Waals surface area contributed by atoms with E-state index in [0.29, 0.717) is 0 Å². The highest BCUT2D eigenvalue weighted by Crippen LogP contribution is 2.11. The SMILES string of the molecule is Cc1nnc(NC(=O)C2CSCN2)nc1C. The first-order valence-corrected chi connectivity index (χ1v) is 6.12. The monoisotopic (exact) mass is 239 g/mol. The molecule has 1 atom stereocenters. The Balaban J connectivity index is 2.02. The maximum absolute atomic E-state index is 11.7. The van der Waals surface area contributed by atoms with E-state index in [1.807, 2.05) is 13.8 Å². The van der Waals surface area contributed by atoms with Gasteiger partial charge in [-0.3, -0.25) is 15.4 Å². The minimum atomic E-state index is -0.157. The number of anilines is 1. The van der Waals surface area contributed by atoms with Crippen LogP contribution in [0.25, 0.3) is 0 Å². The van der Waals surface area contributed by atoms with E-state index in [9.17, 15) is 4.79 Å². The molecular weight excluding hydrogens is 226 g/mol. The molecule has 6 nitrogen and oxygen atoms in total. The summed E-state index contributed by atoms with van der Waals surface area (Å²) in [6, 6.07) is -0.157. The molecule has 1 saturated heterocycles. The number of nitrogens with zero attached hydrogens (tertiary/aromatic N) is 3. The molecule has 0 aliphatic carbocycles. The van der Waals surface area contributed by atoms with Crippen LogP contribution in [0.5, 0.6) is 0 Å². The number of carbonyl (C=O) groups is 1. The maximum atomic E-state index is 11.7. The largest absolute Gasteiger partial charge is 0.296 e. The van der Waals surface area contributed by atoms with Crippen molar-refractivity contribution in [2.75, 3.05) is 16.9 Å². The third-order valence-corrected chi connectivity index (χ3v) is 3.30. The normalized spacial score (nSPS) is 19.8. The van der Waals surface area contributed by atoms with Crippen LogP contribution >= 0.6 is 11.8 Å². The fourth-order valence-electron chi connectivity index (χ4n) is 1.27. The number of hydrogen-bond donors (Lipinski definition) is 2. The predicted molar refractivity (Wildman–Crippen MR) is 62.2 cm³/mol. The smallest absolute Gasteiger partial charge is 0.249 e. The molecule has 2 rings (SSSR count). The molecule has 1 amide bonds. The summed E-state index contributed by atoms with van der Waals surface area (Å²) in [6.07, 6.45) is 0. The molecule has 1 aliphatic rings. The second kappa shape index (κ2) is 4.75. The van der Waals surface area contributed by atoms with Crippen molar-refractivity contribution in [2.24, 2.45) is 0 Å². The van der Waals surface area contributed by atoms with Gasteiger partial charge in [-0.05, 0) is 13.8 Å². The van der Waals surface area contributed by atoms with Gasteiger partial charge >= 0.3 is 0 Å². The standard InChI is InChI=1S/C9H13N5OS/c1-5-6(2)13-14-9(11-5)12-8(15)7-3-16-4-10-7/h7,10H,3-4H2,1-2H3,(H,11,12,14,15). The van der Waals surface area contributed by atoms with E-state index in [0.717, 1.165) is 23.0 Å². The highest BCUT2D eigenvalue weighted by molar-refractivity contribution is 7.99. The molecule has 1 aromatic heterocycles. The van der Waals surface area contributed by atoms with Gasteiger partial charge in [-0.15, -0.1) is 16.9 Å². The molecule has 0 saturated carbocycles. The summed E-state index contributed by atoms with van der Waals surface area (Å²) in [5.41, 5.74) is 1.55. The molecule has 0 radical (unpaired) electrons. The zero-order chi connectivity index (χ0) is 11.5. The van der Waals surface area contributed by atoms with Gasteiger partial charge in [-0.1, -0.05) is 0 Å². The van der Waals surface area contributed by atoms with E-state index in [1.165, 1.54) is 0 Å². The number of hydrogen-bond acceptors (Lipinski definition) is 6. The quantitative estimate of drug-likeness (QED) is 0.761. The summed E-state index contributed by atoms with van der Waals surface area (Å²) in [5, 5.41) is 13.5. The van der Waals surface area contributed by atoms with Crippen LogP contribution in [-0.2, 0) is 4.79 Å². The van der Waals surface area contributed by atoms with E-state index >= 15 is 0 Å². The molecule has 1 unspecified atom stereocenters. The van der Waals surface area contributed by atoms with Crippen molar-refractivity contribution in [3.63, 3.8) is 0 Å². The molecule has 1 aromatic rings. The second-order valence-electron chi connectivity index (χ2n) is 3.57. The molecule has 0 spiro atoms. The number of aromatic nitrogens is 3. The average molecular weight is 239 g/mol. The number of carbonyl (C=O) groups excluding carboxylic acids is 1. The average Bonchev–Trinajstić information content (AvgIpc) is 2.77. The van der Waals surface area contributed by atoms with Gasteiger partial charge in [0, 0.05) is 11.6 Å². The van der Waals surface area contributed by atoms with Crippen molar-refractivity contribution < 1.29 is 4.79 Å². The number of aryl methyl sites for hydroxylation is 2. The van der Waals surface area contributed by atoms with Gasteiger partial charge in [0.25, 0.3) is 0 Å². The third kappa shape index (κ3) is 2.48. The van der Waals surface area contributed by atoms with E-state index < -0.39 is 0 Å². The number of amides is 1. The van der Waals surface area contributed by atoms with E-state index in [4.69, 9.17) is 0 Å². The zero-order valence-corrected chi connectivity index (χ0v) is 9.97. The van der Waals surface area contributed by atoms with Crippen molar-refractivity contribution in [1.82, 2.24) is 20.5 Å². The molecule has 0 aromatic carbocycles. The molecular formula is C9H13N5OS. The lowest BCUT2D eigenvalue weighted by molar-refractivity contribution is -0.117. The fraction of sp³-hybridized carbons (Fsp3) is 0.556. The summed E-state index contributed by atoms with van der Waals surface area (Å²) in [6.45, 7) is 3.67. The number of thioether (sulfide) groups is 1. The van der Waals surface area contributed by atoms with Gasteiger partial charge in [0.1, 0.15) is 0 Å². The Morgan fingerprint density at radius 3 is 2.88 bits per heavy atom. The van der Waals surface area contributed by atoms with Crippen molar-refractivity contribution in [3.05, 3.63) is 11.4 Å². The Morgan fingerprint density at radius 1 is 1.44 bits per heavy atom. The predicted octanol–water partition coefficient (Wildman–Crippen LogP) is 0.0894. The van der Waals surface area contributed by atoms with Gasteiger partial charge in [-0.25, -0.2) is 4.98 Å². The molecule has 0 bridgehead atoms. The van der Waals surface area contributed by atoms with Crippen LogP contribution in [0.15, 0.2) is 0 Å². The molecule has 16 heavy (non-hydrogen) atoms. The van der Waals surface area contributed by atoms with Gasteiger partial charge in [0.15, 0.2) is 0 Å². The first-order chi connectivity index (χ1) is 7.66. The third-order valence-electron chi connectivity index (χ3n) is 2.36. The minimum Gasteiger partial charge on any atom is -0.296 e. The van der Waals surface area contributed by atoms with Gasteiger partial charge in [0.2, 0.25) is 11.9 Å².